The molecule has 6 nitrogen and oxygen atoms in total. The molecule has 0 aliphatic heterocycles. The van der Waals surface area contributed by atoms with Gasteiger partial charge in [0.15, 0.2) is 0 Å². The van der Waals surface area contributed by atoms with Crippen molar-refractivity contribution in [2.75, 3.05) is 19.6 Å². The summed E-state index contributed by atoms with van der Waals surface area (Å²) in [5.74, 6) is 0.0213. The standard InChI is InChI=1S/C13H18ClN3O3/c1-3-16(4-2)13(18)9-15-8-10-5-6-11(17(19)20)7-12(10)14/h5-7,15H,3-4,8-9H2,1-2H3. The number of nitro groups is 1. The average molecular weight is 300 g/mol. The van der Waals surface area contributed by atoms with E-state index in [1.165, 1.54) is 12.1 Å². The third-order valence-electron chi connectivity index (χ3n) is 2.96. The summed E-state index contributed by atoms with van der Waals surface area (Å²) in [5, 5.41) is 13.9. The second kappa shape index (κ2) is 7.81. The van der Waals surface area contributed by atoms with Crippen LogP contribution in [0.25, 0.3) is 0 Å². The van der Waals surface area contributed by atoms with Crippen LogP contribution >= 0.6 is 11.6 Å². The zero-order valence-electron chi connectivity index (χ0n) is 11.6. The van der Waals surface area contributed by atoms with Crippen LogP contribution in [0.4, 0.5) is 5.69 Å². The minimum atomic E-state index is -0.493. The maximum absolute atomic E-state index is 11.8. The first-order chi connectivity index (χ1) is 9.49. The molecule has 1 rings (SSSR count). The molecule has 1 aromatic rings. The molecular weight excluding hydrogens is 282 g/mol. The summed E-state index contributed by atoms with van der Waals surface area (Å²) in [7, 11) is 0. The van der Waals surface area contributed by atoms with Gasteiger partial charge in [-0.2, -0.15) is 0 Å². The maximum atomic E-state index is 11.8. The number of halogens is 1. The Labute approximate surface area is 122 Å². The number of amides is 1. The lowest BCUT2D eigenvalue weighted by Crippen LogP contribution is -2.37. The van der Waals surface area contributed by atoms with Gasteiger partial charge in [0, 0.05) is 31.8 Å². The number of benzene rings is 1. The molecule has 7 heteroatoms. The van der Waals surface area contributed by atoms with Gasteiger partial charge in [0.2, 0.25) is 5.91 Å². The Kier molecular flexibility index (Phi) is 6.41. The maximum Gasteiger partial charge on any atom is 0.270 e. The van der Waals surface area contributed by atoms with Gasteiger partial charge in [-0.15, -0.1) is 0 Å². The fourth-order valence-corrected chi connectivity index (χ4v) is 2.03. The Morgan fingerprint density at radius 3 is 2.55 bits per heavy atom. The Morgan fingerprint density at radius 2 is 2.05 bits per heavy atom. The quantitative estimate of drug-likeness (QED) is 0.618. The van der Waals surface area contributed by atoms with Crippen molar-refractivity contribution in [2.24, 2.45) is 0 Å². The molecule has 1 amide bonds. The molecule has 1 N–H and O–H groups in total. The second-order valence-corrected chi connectivity index (χ2v) is 4.61. The van der Waals surface area contributed by atoms with Crippen molar-refractivity contribution in [3.8, 4) is 0 Å². The van der Waals surface area contributed by atoms with Gasteiger partial charge in [-0.05, 0) is 25.5 Å². The molecule has 0 atom stereocenters. The fourth-order valence-electron chi connectivity index (χ4n) is 1.79. The second-order valence-electron chi connectivity index (χ2n) is 4.20. The number of hydrogen-bond acceptors (Lipinski definition) is 4. The molecule has 20 heavy (non-hydrogen) atoms. The van der Waals surface area contributed by atoms with Crippen molar-refractivity contribution in [3.63, 3.8) is 0 Å². The Bertz CT molecular complexity index is 490. The minimum Gasteiger partial charge on any atom is -0.342 e. The lowest BCUT2D eigenvalue weighted by molar-refractivity contribution is -0.384. The van der Waals surface area contributed by atoms with Gasteiger partial charge < -0.3 is 10.2 Å². The lowest BCUT2D eigenvalue weighted by Gasteiger charge is -2.18. The van der Waals surface area contributed by atoms with Crippen molar-refractivity contribution in [3.05, 3.63) is 38.9 Å². The van der Waals surface area contributed by atoms with Crippen LogP contribution in [0.5, 0.6) is 0 Å². The minimum absolute atomic E-state index is 0.0213. The van der Waals surface area contributed by atoms with E-state index < -0.39 is 4.92 Å². The van der Waals surface area contributed by atoms with Crippen LogP contribution in [-0.4, -0.2) is 35.4 Å². The highest BCUT2D eigenvalue weighted by Gasteiger charge is 2.11. The molecule has 0 spiro atoms. The van der Waals surface area contributed by atoms with E-state index in [1.54, 1.807) is 11.0 Å². The molecule has 0 unspecified atom stereocenters. The summed E-state index contributed by atoms with van der Waals surface area (Å²) in [5.41, 5.74) is 0.683. The molecule has 0 aliphatic carbocycles. The van der Waals surface area contributed by atoms with Crippen LogP contribution in [0.3, 0.4) is 0 Å². The highest BCUT2D eigenvalue weighted by Crippen LogP contribution is 2.22. The molecule has 0 heterocycles. The number of likely N-dealkylation sites (N-methyl/N-ethyl adjacent to an activating group) is 1. The van der Waals surface area contributed by atoms with Crippen molar-refractivity contribution in [1.82, 2.24) is 10.2 Å². The predicted octanol–water partition coefficient (Wildman–Crippen LogP) is 2.21. The summed E-state index contributed by atoms with van der Waals surface area (Å²) in [4.78, 5) is 23.6. The molecule has 0 fully saturated rings. The van der Waals surface area contributed by atoms with Crippen LogP contribution < -0.4 is 5.32 Å². The molecule has 0 bridgehead atoms. The first-order valence-corrected chi connectivity index (χ1v) is 6.78. The van der Waals surface area contributed by atoms with Crippen molar-refractivity contribution >= 4 is 23.2 Å². The number of carbonyl (C=O) groups excluding carboxylic acids is 1. The first kappa shape index (κ1) is 16.4. The van der Waals surface area contributed by atoms with Gasteiger partial charge in [0.25, 0.3) is 5.69 Å². The Morgan fingerprint density at radius 1 is 1.40 bits per heavy atom. The van der Waals surface area contributed by atoms with Crippen molar-refractivity contribution < 1.29 is 9.72 Å². The zero-order valence-corrected chi connectivity index (χ0v) is 12.3. The molecule has 110 valence electrons. The number of nitrogens with zero attached hydrogens (tertiary/aromatic N) is 2. The average Bonchev–Trinajstić information content (AvgIpc) is 2.41. The van der Waals surface area contributed by atoms with Gasteiger partial charge in [-0.25, -0.2) is 0 Å². The molecule has 0 saturated carbocycles. The van der Waals surface area contributed by atoms with Crippen LogP contribution in [0, 0.1) is 10.1 Å². The molecule has 0 saturated heterocycles. The number of non-ortho nitro benzene ring substituents is 1. The molecule has 0 radical (unpaired) electrons. The van der Waals surface area contributed by atoms with E-state index in [4.69, 9.17) is 11.6 Å². The van der Waals surface area contributed by atoms with E-state index in [1.807, 2.05) is 13.8 Å². The third kappa shape index (κ3) is 4.47. The molecular formula is C13H18ClN3O3. The number of nitrogens with one attached hydrogen (secondary N) is 1. The molecule has 0 aromatic heterocycles. The largest absolute Gasteiger partial charge is 0.342 e. The highest BCUT2D eigenvalue weighted by atomic mass is 35.5. The first-order valence-electron chi connectivity index (χ1n) is 6.40. The fraction of sp³-hybridized carbons (Fsp3) is 0.462. The van der Waals surface area contributed by atoms with E-state index in [2.05, 4.69) is 5.32 Å². The normalized spacial score (nSPS) is 10.3. The summed E-state index contributed by atoms with van der Waals surface area (Å²) in [6.07, 6.45) is 0. The van der Waals surface area contributed by atoms with Gasteiger partial charge in [-0.3, -0.25) is 14.9 Å². The number of rotatable bonds is 7. The topological polar surface area (TPSA) is 75.5 Å². The number of carbonyl (C=O) groups is 1. The number of hydrogen-bond donors (Lipinski definition) is 1. The monoisotopic (exact) mass is 299 g/mol. The van der Waals surface area contributed by atoms with Crippen LogP contribution in [0.1, 0.15) is 19.4 Å². The van der Waals surface area contributed by atoms with E-state index >= 15 is 0 Å². The van der Waals surface area contributed by atoms with Crippen LogP contribution in [0.2, 0.25) is 5.02 Å². The van der Waals surface area contributed by atoms with E-state index in [0.717, 1.165) is 5.56 Å². The summed E-state index contributed by atoms with van der Waals surface area (Å²) >= 11 is 5.97. The predicted molar refractivity (Wildman–Crippen MR) is 77.7 cm³/mol. The van der Waals surface area contributed by atoms with Gasteiger partial charge in [0.05, 0.1) is 16.5 Å². The Hall–Kier alpha value is -1.66. The van der Waals surface area contributed by atoms with Gasteiger partial charge in [0.1, 0.15) is 0 Å². The van der Waals surface area contributed by atoms with Gasteiger partial charge in [-0.1, -0.05) is 11.6 Å². The van der Waals surface area contributed by atoms with E-state index in [-0.39, 0.29) is 18.1 Å². The van der Waals surface area contributed by atoms with Crippen LogP contribution in [-0.2, 0) is 11.3 Å². The summed E-state index contributed by atoms with van der Waals surface area (Å²) in [6, 6.07) is 4.30. The third-order valence-corrected chi connectivity index (χ3v) is 3.31. The summed E-state index contributed by atoms with van der Waals surface area (Å²) < 4.78 is 0. The smallest absolute Gasteiger partial charge is 0.270 e. The Balaban J connectivity index is 2.54. The van der Waals surface area contributed by atoms with Crippen molar-refractivity contribution in [1.29, 1.82) is 0 Å². The van der Waals surface area contributed by atoms with Gasteiger partial charge >= 0.3 is 0 Å². The van der Waals surface area contributed by atoms with E-state index in [0.29, 0.717) is 24.7 Å². The van der Waals surface area contributed by atoms with E-state index in [9.17, 15) is 14.9 Å². The van der Waals surface area contributed by atoms with Crippen molar-refractivity contribution in [2.45, 2.75) is 20.4 Å². The molecule has 1 aromatic carbocycles. The number of nitro benzene ring substituents is 1. The summed E-state index contributed by atoms with van der Waals surface area (Å²) in [6.45, 7) is 5.81. The lowest BCUT2D eigenvalue weighted by atomic mass is 10.2. The SMILES string of the molecule is CCN(CC)C(=O)CNCc1ccc([N+](=O)[O-])cc1Cl. The zero-order chi connectivity index (χ0) is 15.1. The van der Waals surface area contributed by atoms with Crippen LogP contribution in [0.15, 0.2) is 18.2 Å². The molecule has 0 aliphatic rings. The highest BCUT2D eigenvalue weighted by molar-refractivity contribution is 6.31.